The molecule has 0 radical (unpaired) electrons. The highest BCUT2D eigenvalue weighted by Crippen LogP contribution is 2.36. The van der Waals surface area contributed by atoms with E-state index in [0.717, 1.165) is 69.1 Å². The van der Waals surface area contributed by atoms with E-state index in [1.54, 1.807) is 18.5 Å². The van der Waals surface area contributed by atoms with Gasteiger partial charge < -0.3 is 14.8 Å². The van der Waals surface area contributed by atoms with Gasteiger partial charge in [0.2, 0.25) is 0 Å². The number of ether oxygens (including phenoxy) is 1. The first kappa shape index (κ1) is 23.4. The van der Waals surface area contributed by atoms with Gasteiger partial charge in [-0.2, -0.15) is 5.10 Å². The first-order valence-electron chi connectivity index (χ1n) is 13.2. The third-order valence-electron chi connectivity index (χ3n) is 7.38. The summed E-state index contributed by atoms with van der Waals surface area (Å²) in [7, 11) is 0. The number of pyridine rings is 2. The van der Waals surface area contributed by atoms with Gasteiger partial charge in [0, 0.05) is 28.7 Å². The van der Waals surface area contributed by atoms with E-state index in [0.29, 0.717) is 11.3 Å². The second-order valence-corrected chi connectivity index (χ2v) is 10.1. The second kappa shape index (κ2) is 9.54. The molecule has 194 valence electrons. The van der Waals surface area contributed by atoms with Crippen LogP contribution in [0.4, 0.5) is 4.39 Å². The number of rotatable bonds is 5. The van der Waals surface area contributed by atoms with Crippen molar-refractivity contribution in [2.75, 3.05) is 0 Å². The number of hydrogen-bond acceptors (Lipinski definition) is 5. The molecule has 4 heterocycles. The van der Waals surface area contributed by atoms with E-state index in [2.05, 4.69) is 20.2 Å². The van der Waals surface area contributed by atoms with Crippen LogP contribution in [0.2, 0.25) is 0 Å². The summed E-state index contributed by atoms with van der Waals surface area (Å²) in [5, 5.41) is 18.5. The van der Waals surface area contributed by atoms with Crippen molar-refractivity contribution in [2.24, 2.45) is 0 Å². The molecule has 0 amide bonds. The number of halogens is 1. The fraction of sp³-hybridized carbons (Fsp3) is 0.194. The average Bonchev–Trinajstić information content (AvgIpc) is 3.57. The summed E-state index contributed by atoms with van der Waals surface area (Å²) < 4.78 is 20.3. The number of H-pyrrole nitrogens is 2. The summed E-state index contributed by atoms with van der Waals surface area (Å²) in [6, 6.07) is 17.7. The van der Waals surface area contributed by atoms with Gasteiger partial charge in [-0.1, -0.05) is 18.6 Å². The van der Waals surface area contributed by atoms with Crippen molar-refractivity contribution in [3.05, 3.63) is 78.9 Å². The molecule has 0 atom stereocenters. The molecule has 3 N–H and O–H groups in total. The maximum absolute atomic E-state index is 14.0. The van der Waals surface area contributed by atoms with Crippen molar-refractivity contribution in [3.8, 4) is 45.3 Å². The van der Waals surface area contributed by atoms with Crippen LogP contribution in [0.15, 0.2) is 73.1 Å². The molecule has 6 aromatic rings. The first-order chi connectivity index (χ1) is 19.1. The molecule has 0 aliphatic heterocycles. The molecular weight excluding hydrogens is 493 g/mol. The van der Waals surface area contributed by atoms with Crippen LogP contribution in [0, 0.1) is 5.82 Å². The lowest BCUT2D eigenvalue weighted by Crippen LogP contribution is -2.19. The molecule has 1 fully saturated rings. The number of phenols is 1. The van der Waals surface area contributed by atoms with Crippen molar-refractivity contribution < 1.29 is 14.2 Å². The van der Waals surface area contributed by atoms with Gasteiger partial charge in [0.1, 0.15) is 28.5 Å². The van der Waals surface area contributed by atoms with E-state index in [9.17, 15) is 9.50 Å². The van der Waals surface area contributed by atoms with Crippen LogP contribution in [0.5, 0.6) is 11.5 Å². The number of nitrogens with one attached hydrogen (secondary N) is 2. The quantitative estimate of drug-likeness (QED) is 0.220. The van der Waals surface area contributed by atoms with Gasteiger partial charge in [-0.15, -0.1) is 0 Å². The number of phenolic OH excluding ortho intramolecular Hbond substituents is 1. The maximum Gasteiger partial charge on any atom is 0.138 e. The molecule has 1 aliphatic rings. The summed E-state index contributed by atoms with van der Waals surface area (Å²) in [6.45, 7) is 0. The minimum atomic E-state index is -0.490. The van der Waals surface area contributed by atoms with E-state index in [1.165, 1.54) is 25.3 Å². The predicted octanol–water partition coefficient (Wildman–Crippen LogP) is 7.39. The normalized spacial score (nSPS) is 14.3. The zero-order chi connectivity index (χ0) is 26.3. The van der Waals surface area contributed by atoms with Gasteiger partial charge in [-0.3, -0.25) is 10.1 Å². The van der Waals surface area contributed by atoms with Gasteiger partial charge in [0.25, 0.3) is 0 Å². The Morgan fingerprint density at radius 3 is 2.67 bits per heavy atom. The highest BCUT2D eigenvalue weighted by molar-refractivity contribution is 6.00. The Balaban J connectivity index is 1.26. The number of hydrogen-bond donors (Lipinski definition) is 3. The monoisotopic (exact) mass is 519 g/mol. The molecule has 2 aromatic carbocycles. The van der Waals surface area contributed by atoms with E-state index in [4.69, 9.17) is 9.72 Å². The minimum absolute atomic E-state index is 0.115. The Labute approximate surface area is 223 Å². The SMILES string of the molecule is Oc1cc(F)cc(-c2cccc3[nH]c(-c4n[nH]c5ccc(-c6cncc(OC7CCCCC7)c6)nc45)cc23)c1. The molecule has 0 spiro atoms. The van der Waals surface area contributed by atoms with Crippen LogP contribution < -0.4 is 4.74 Å². The summed E-state index contributed by atoms with van der Waals surface area (Å²) in [5.74, 6) is 0.159. The molecule has 7 rings (SSSR count). The Morgan fingerprint density at radius 1 is 0.897 bits per heavy atom. The Morgan fingerprint density at radius 2 is 1.79 bits per heavy atom. The summed E-state index contributed by atoms with van der Waals surface area (Å²) in [5.41, 5.74) is 6.92. The number of nitrogens with zero attached hydrogens (tertiary/aromatic N) is 3. The maximum atomic E-state index is 14.0. The topological polar surface area (TPSA) is 99.7 Å². The minimum Gasteiger partial charge on any atom is -0.508 e. The number of aromatic nitrogens is 5. The molecule has 8 heteroatoms. The number of aromatic amines is 2. The lowest BCUT2D eigenvalue weighted by molar-refractivity contribution is 0.154. The van der Waals surface area contributed by atoms with Crippen LogP contribution in [0.1, 0.15) is 32.1 Å². The van der Waals surface area contributed by atoms with Crippen LogP contribution >= 0.6 is 0 Å². The average molecular weight is 520 g/mol. The third kappa shape index (κ3) is 4.48. The highest BCUT2D eigenvalue weighted by atomic mass is 19.1. The predicted molar refractivity (Wildman–Crippen MR) is 149 cm³/mol. The zero-order valence-corrected chi connectivity index (χ0v) is 21.1. The number of benzene rings is 2. The standard InChI is InChI=1S/C31H26FN5O2/c32-20-11-18(12-21(38)14-20)24-7-4-8-27-25(24)15-29(34-27)31-30-28(36-37-31)10-9-26(35-30)19-13-23(17-33-16-19)39-22-5-2-1-3-6-22/h4,7-17,22,34,38H,1-3,5-6H2,(H,36,37). The molecular formula is C31H26FN5O2. The van der Waals surface area contributed by atoms with Crippen LogP contribution in [-0.4, -0.2) is 36.4 Å². The molecule has 1 aliphatic carbocycles. The van der Waals surface area contributed by atoms with Crippen LogP contribution in [-0.2, 0) is 0 Å². The summed E-state index contributed by atoms with van der Waals surface area (Å²) >= 11 is 0. The van der Waals surface area contributed by atoms with Crippen LogP contribution in [0.25, 0.3) is 55.7 Å². The van der Waals surface area contributed by atoms with E-state index < -0.39 is 5.82 Å². The van der Waals surface area contributed by atoms with E-state index >= 15 is 0 Å². The lowest BCUT2D eigenvalue weighted by atomic mass is 9.98. The Bertz CT molecular complexity index is 1800. The van der Waals surface area contributed by atoms with Crippen molar-refractivity contribution >= 4 is 21.9 Å². The molecule has 0 bridgehead atoms. The van der Waals surface area contributed by atoms with Crippen LogP contribution in [0.3, 0.4) is 0 Å². The van der Waals surface area contributed by atoms with Crippen molar-refractivity contribution in [1.82, 2.24) is 25.1 Å². The molecule has 0 unspecified atom stereocenters. The summed E-state index contributed by atoms with van der Waals surface area (Å²) in [6.07, 6.45) is 9.67. The Hall–Kier alpha value is -4.72. The first-order valence-corrected chi connectivity index (χ1v) is 13.2. The summed E-state index contributed by atoms with van der Waals surface area (Å²) in [4.78, 5) is 12.8. The third-order valence-corrected chi connectivity index (χ3v) is 7.38. The van der Waals surface area contributed by atoms with Gasteiger partial charge in [-0.05, 0) is 79.3 Å². The van der Waals surface area contributed by atoms with Gasteiger partial charge in [0.05, 0.1) is 29.2 Å². The fourth-order valence-electron chi connectivity index (χ4n) is 5.51. The van der Waals surface area contributed by atoms with Gasteiger partial charge in [-0.25, -0.2) is 9.37 Å². The highest BCUT2D eigenvalue weighted by Gasteiger charge is 2.18. The largest absolute Gasteiger partial charge is 0.508 e. The van der Waals surface area contributed by atoms with Crippen molar-refractivity contribution in [3.63, 3.8) is 0 Å². The van der Waals surface area contributed by atoms with Crippen molar-refractivity contribution in [2.45, 2.75) is 38.2 Å². The molecule has 39 heavy (non-hydrogen) atoms. The number of fused-ring (bicyclic) bond motifs is 2. The fourth-order valence-corrected chi connectivity index (χ4v) is 5.51. The molecule has 1 saturated carbocycles. The van der Waals surface area contributed by atoms with Crippen molar-refractivity contribution in [1.29, 1.82) is 0 Å². The van der Waals surface area contributed by atoms with E-state index in [-0.39, 0.29) is 11.9 Å². The molecule has 7 nitrogen and oxygen atoms in total. The zero-order valence-electron chi connectivity index (χ0n) is 21.1. The smallest absolute Gasteiger partial charge is 0.138 e. The van der Waals surface area contributed by atoms with E-state index in [1.807, 2.05) is 42.5 Å². The Kier molecular flexibility index (Phi) is 5.73. The molecule has 4 aromatic heterocycles. The van der Waals surface area contributed by atoms with Gasteiger partial charge >= 0.3 is 0 Å². The molecule has 0 saturated heterocycles. The van der Waals surface area contributed by atoms with Gasteiger partial charge in [0.15, 0.2) is 0 Å². The lowest BCUT2D eigenvalue weighted by Gasteiger charge is -2.22. The number of aromatic hydroxyl groups is 1. The second-order valence-electron chi connectivity index (χ2n) is 10.1.